The van der Waals surface area contributed by atoms with Crippen LogP contribution >= 0.6 is 0 Å². The SMILES string of the molecule is Cc1c(-c2ccc(C(N)=O)c3[nH]c4cc(N5CCCC5=O)ccc4c23)cccc1N1CCCCC1=O. The highest BCUT2D eigenvalue weighted by atomic mass is 16.2. The molecule has 7 nitrogen and oxygen atoms in total. The van der Waals surface area contributed by atoms with Crippen LogP contribution < -0.4 is 15.5 Å². The van der Waals surface area contributed by atoms with Gasteiger partial charge in [0, 0.05) is 53.6 Å². The van der Waals surface area contributed by atoms with Crippen LogP contribution in [0.1, 0.15) is 48.0 Å². The van der Waals surface area contributed by atoms with Crippen LogP contribution in [-0.4, -0.2) is 35.8 Å². The van der Waals surface area contributed by atoms with Gasteiger partial charge in [-0.1, -0.05) is 24.3 Å². The number of aromatic amines is 1. The van der Waals surface area contributed by atoms with E-state index in [1.807, 2.05) is 53.1 Å². The highest BCUT2D eigenvalue weighted by Crippen LogP contribution is 2.41. The van der Waals surface area contributed by atoms with Gasteiger partial charge in [0.1, 0.15) is 0 Å². The van der Waals surface area contributed by atoms with Crippen molar-refractivity contribution in [1.29, 1.82) is 0 Å². The molecule has 2 saturated heterocycles. The highest BCUT2D eigenvalue weighted by molar-refractivity contribution is 6.20. The van der Waals surface area contributed by atoms with Crippen molar-refractivity contribution in [3.63, 3.8) is 0 Å². The molecule has 0 unspecified atom stereocenters. The molecule has 0 saturated carbocycles. The zero-order chi connectivity index (χ0) is 25.0. The topological polar surface area (TPSA) is 99.5 Å². The molecule has 0 bridgehead atoms. The summed E-state index contributed by atoms with van der Waals surface area (Å²) in [6.45, 7) is 3.49. The first-order chi connectivity index (χ1) is 17.4. The van der Waals surface area contributed by atoms with Gasteiger partial charge in [0.25, 0.3) is 5.91 Å². The summed E-state index contributed by atoms with van der Waals surface area (Å²) < 4.78 is 0. The number of fused-ring (bicyclic) bond motifs is 3. The number of carbonyl (C=O) groups is 3. The Morgan fingerprint density at radius 2 is 1.67 bits per heavy atom. The lowest BCUT2D eigenvalue weighted by atomic mass is 9.92. The van der Waals surface area contributed by atoms with Crippen molar-refractivity contribution in [2.75, 3.05) is 22.9 Å². The molecule has 6 rings (SSSR count). The minimum Gasteiger partial charge on any atom is -0.366 e. The summed E-state index contributed by atoms with van der Waals surface area (Å²) in [7, 11) is 0. The minimum atomic E-state index is -0.502. The van der Waals surface area contributed by atoms with Crippen LogP contribution in [0.2, 0.25) is 0 Å². The van der Waals surface area contributed by atoms with Crippen molar-refractivity contribution in [2.45, 2.75) is 39.0 Å². The first kappa shape index (κ1) is 22.3. The lowest BCUT2D eigenvalue weighted by Gasteiger charge is -2.29. The van der Waals surface area contributed by atoms with Gasteiger partial charge in [-0.05, 0) is 67.1 Å². The van der Waals surface area contributed by atoms with Gasteiger partial charge < -0.3 is 20.5 Å². The molecule has 0 aliphatic carbocycles. The number of aromatic nitrogens is 1. The van der Waals surface area contributed by atoms with Crippen LogP contribution in [0, 0.1) is 6.92 Å². The maximum atomic E-state index is 12.7. The Balaban J connectivity index is 1.57. The molecule has 0 spiro atoms. The summed E-state index contributed by atoms with van der Waals surface area (Å²) in [4.78, 5) is 44.4. The zero-order valence-electron chi connectivity index (χ0n) is 20.3. The van der Waals surface area contributed by atoms with Gasteiger partial charge in [0.15, 0.2) is 0 Å². The smallest absolute Gasteiger partial charge is 0.250 e. The number of benzene rings is 3. The molecule has 0 atom stereocenters. The number of anilines is 2. The lowest BCUT2D eigenvalue weighted by molar-refractivity contribution is -0.119. The van der Waals surface area contributed by atoms with Gasteiger partial charge in [0.05, 0.1) is 11.1 Å². The van der Waals surface area contributed by atoms with E-state index in [-0.39, 0.29) is 11.8 Å². The Morgan fingerprint density at radius 1 is 0.889 bits per heavy atom. The monoisotopic (exact) mass is 480 g/mol. The summed E-state index contributed by atoms with van der Waals surface area (Å²) in [5, 5.41) is 1.86. The van der Waals surface area contributed by atoms with Crippen LogP contribution in [0.15, 0.2) is 48.5 Å². The van der Waals surface area contributed by atoms with E-state index in [1.165, 1.54) is 0 Å². The van der Waals surface area contributed by atoms with Crippen molar-refractivity contribution in [1.82, 2.24) is 4.98 Å². The van der Waals surface area contributed by atoms with E-state index in [2.05, 4.69) is 11.1 Å². The number of hydrogen-bond acceptors (Lipinski definition) is 3. The number of piperidine rings is 1. The molecule has 2 fully saturated rings. The maximum absolute atomic E-state index is 12.7. The normalized spacial score (nSPS) is 16.5. The first-order valence-corrected chi connectivity index (χ1v) is 12.5. The maximum Gasteiger partial charge on any atom is 0.250 e. The minimum absolute atomic E-state index is 0.128. The molecule has 1 aromatic heterocycles. The Kier molecular flexibility index (Phi) is 5.29. The molecule has 2 aliphatic rings. The predicted octanol–water partition coefficient (Wildman–Crippen LogP) is 5.04. The van der Waals surface area contributed by atoms with Crippen molar-refractivity contribution < 1.29 is 14.4 Å². The van der Waals surface area contributed by atoms with Gasteiger partial charge in [-0.25, -0.2) is 0 Å². The second kappa shape index (κ2) is 8.52. The van der Waals surface area contributed by atoms with Gasteiger partial charge in [-0.3, -0.25) is 14.4 Å². The molecule has 7 heteroatoms. The van der Waals surface area contributed by atoms with E-state index in [0.29, 0.717) is 30.5 Å². The number of primary amides is 1. The van der Waals surface area contributed by atoms with Gasteiger partial charge >= 0.3 is 0 Å². The fraction of sp³-hybridized carbons (Fsp3) is 0.276. The third-order valence-corrected chi connectivity index (χ3v) is 7.60. The third-order valence-electron chi connectivity index (χ3n) is 7.60. The number of nitrogens with two attached hydrogens (primary N) is 1. The Bertz CT molecular complexity index is 1570. The molecular weight excluding hydrogens is 452 g/mol. The second-order valence-electron chi connectivity index (χ2n) is 9.73. The average Bonchev–Trinajstić information content (AvgIpc) is 3.47. The van der Waals surface area contributed by atoms with Gasteiger partial charge in [0.2, 0.25) is 11.8 Å². The Labute approximate surface area is 208 Å². The molecule has 3 N–H and O–H groups in total. The second-order valence-corrected chi connectivity index (χ2v) is 9.73. The van der Waals surface area contributed by atoms with Gasteiger partial charge in [-0.2, -0.15) is 0 Å². The summed E-state index contributed by atoms with van der Waals surface area (Å²) in [6, 6.07) is 15.7. The molecule has 182 valence electrons. The van der Waals surface area contributed by atoms with E-state index >= 15 is 0 Å². The molecule has 3 aromatic carbocycles. The fourth-order valence-corrected chi connectivity index (χ4v) is 5.79. The Morgan fingerprint density at radius 3 is 2.42 bits per heavy atom. The molecular formula is C29H28N4O3. The van der Waals surface area contributed by atoms with Crippen LogP contribution in [-0.2, 0) is 9.59 Å². The molecule has 0 radical (unpaired) electrons. The predicted molar refractivity (Wildman–Crippen MR) is 142 cm³/mol. The number of carbonyl (C=O) groups excluding carboxylic acids is 3. The van der Waals surface area contributed by atoms with E-state index < -0.39 is 5.91 Å². The van der Waals surface area contributed by atoms with E-state index in [4.69, 9.17) is 5.73 Å². The summed E-state index contributed by atoms with van der Waals surface area (Å²) >= 11 is 0. The molecule has 3 heterocycles. The molecule has 36 heavy (non-hydrogen) atoms. The van der Waals surface area contributed by atoms with Crippen LogP contribution in [0.5, 0.6) is 0 Å². The summed E-state index contributed by atoms with van der Waals surface area (Å²) in [5.41, 5.74) is 12.5. The number of rotatable bonds is 4. The van der Waals surface area contributed by atoms with Crippen LogP contribution in [0.25, 0.3) is 32.9 Å². The van der Waals surface area contributed by atoms with Crippen molar-refractivity contribution in [3.05, 3.63) is 59.7 Å². The molecule has 4 aromatic rings. The molecule has 3 amide bonds. The lowest BCUT2D eigenvalue weighted by Crippen LogP contribution is -2.35. The first-order valence-electron chi connectivity index (χ1n) is 12.5. The number of H-pyrrole nitrogens is 1. The number of nitrogens with one attached hydrogen (secondary N) is 1. The Hall–Kier alpha value is -4.13. The fourth-order valence-electron chi connectivity index (χ4n) is 5.79. The average molecular weight is 481 g/mol. The summed E-state index contributed by atoms with van der Waals surface area (Å²) in [6.07, 6.45) is 3.93. The van der Waals surface area contributed by atoms with Crippen molar-refractivity contribution in [3.8, 4) is 11.1 Å². The number of amides is 3. The zero-order valence-corrected chi connectivity index (χ0v) is 20.3. The highest BCUT2D eigenvalue weighted by Gasteiger charge is 2.25. The van der Waals surface area contributed by atoms with Gasteiger partial charge in [-0.15, -0.1) is 0 Å². The quantitative estimate of drug-likeness (QED) is 0.428. The van der Waals surface area contributed by atoms with E-state index in [9.17, 15) is 14.4 Å². The van der Waals surface area contributed by atoms with Crippen molar-refractivity contribution >= 4 is 50.9 Å². The van der Waals surface area contributed by atoms with Crippen LogP contribution in [0.3, 0.4) is 0 Å². The number of nitrogens with zero attached hydrogens (tertiary/aromatic N) is 2. The van der Waals surface area contributed by atoms with Crippen molar-refractivity contribution in [2.24, 2.45) is 5.73 Å². The number of hydrogen-bond donors (Lipinski definition) is 2. The third kappa shape index (κ3) is 3.46. The van der Waals surface area contributed by atoms with E-state index in [1.54, 1.807) is 6.07 Å². The summed E-state index contributed by atoms with van der Waals surface area (Å²) in [5.74, 6) is -0.215. The van der Waals surface area contributed by atoms with Crippen LogP contribution in [0.4, 0.5) is 11.4 Å². The standard InChI is InChI=1S/C29H28N4O3/c1-17-19(6-4-7-24(17)33-14-3-2-8-26(33)35)20-12-13-22(29(30)36)28-27(20)21-11-10-18(16-23(21)31-28)32-15-5-9-25(32)34/h4,6-7,10-13,16,31H,2-3,5,8-9,14-15H2,1H3,(H2,30,36). The molecule has 2 aliphatic heterocycles. The van der Waals surface area contributed by atoms with E-state index in [0.717, 1.165) is 70.2 Å². The largest absolute Gasteiger partial charge is 0.366 e.